The first-order valence-electron chi connectivity index (χ1n) is 8.21. The number of alkyl halides is 1. The van der Waals surface area contributed by atoms with Crippen molar-refractivity contribution < 1.29 is 27.1 Å². The number of hydrogen-bond acceptors (Lipinski definition) is 3. The van der Waals surface area contributed by atoms with Gasteiger partial charge >= 0.3 is 0 Å². The van der Waals surface area contributed by atoms with E-state index in [-0.39, 0.29) is 36.8 Å². The number of aryl methyl sites for hydroxylation is 1. The van der Waals surface area contributed by atoms with Crippen LogP contribution in [-0.4, -0.2) is 17.9 Å². The Morgan fingerprint density at radius 3 is 2.77 bits per heavy atom. The van der Waals surface area contributed by atoms with E-state index in [1.165, 1.54) is 25.4 Å². The van der Waals surface area contributed by atoms with Crippen molar-refractivity contribution in [1.82, 2.24) is 4.98 Å². The fourth-order valence-electron chi connectivity index (χ4n) is 3.33. The van der Waals surface area contributed by atoms with Crippen molar-refractivity contribution in [2.45, 2.75) is 37.5 Å². The molecular weight excluding hydrogens is 350 g/mol. The van der Waals surface area contributed by atoms with Crippen LogP contribution in [0, 0.1) is 17.5 Å². The molecule has 1 aromatic carbocycles. The minimum Gasteiger partial charge on any atom is -0.375 e. The van der Waals surface area contributed by atoms with Gasteiger partial charge in [0.05, 0.1) is 11.8 Å². The molecule has 0 spiro atoms. The Bertz CT molecular complexity index is 842. The van der Waals surface area contributed by atoms with E-state index in [0.717, 1.165) is 12.1 Å². The molecule has 1 heterocycles. The fourth-order valence-corrected chi connectivity index (χ4v) is 3.33. The van der Waals surface area contributed by atoms with E-state index in [1.807, 2.05) is 0 Å². The molecule has 0 bridgehead atoms. The molecule has 0 saturated heterocycles. The number of aromatic nitrogens is 1. The van der Waals surface area contributed by atoms with Crippen LogP contribution in [0.15, 0.2) is 30.5 Å². The van der Waals surface area contributed by atoms with Crippen molar-refractivity contribution in [3.63, 3.8) is 0 Å². The first kappa shape index (κ1) is 18.5. The highest BCUT2D eigenvalue weighted by molar-refractivity contribution is 5.89. The molecule has 2 atom stereocenters. The second-order valence-corrected chi connectivity index (χ2v) is 6.26. The molecule has 0 unspecified atom stereocenters. The lowest BCUT2D eigenvalue weighted by Gasteiger charge is -2.33. The number of pyridine rings is 1. The molecule has 1 aliphatic carbocycles. The van der Waals surface area contributed by atoms with Crippen LogP contribution in [-0.2, 0) is 21.6 Å². The maximum atomic E-state index is 15.5. The van der Waals surface area contributed by atoms with Crippen LogP contribution in [0.4, 0.5) is 17.6 Å². The lowest BCUT2D eigenvalue weighted by molar-refractivity contribution is -0.133. The molecule has 0 radical (unpaired) electrons. The third kappa shape index (κ3) is 3.11. The molecule has 1 aromatic heterocycles. The van der Waals surface area contributed by atoms with Crippen molar-refractivity contribution >= 4 is 5.78 Å². The van der Waals surface area contributed by atoms with Crippen LogP contribution in [0.5, 0.6) is 0 Å². The maximum Gasteiger partial charge on any atom is 0.195 e. The van der Waals surface area contributed by atoms with Gasteiger partial charge in [-0.25, -0.2) is 17.6 Å². The highest BCUT2D eigenvalue weighted by atomic mass is 19.2. The number of carbonyl (C=O) groups is 1. The molecule has 0 amide bonds. The van der Waals surface area contributed by atoms with Crippen LogP contribution in [0.2, 0.25) is 0 Å². The molecule has 7 heteroatoms. The Morgan fingerprint density at radius 2 is 2.04 bits per heavy atom. The van der Waals surface area contributed by atoms with Gasteiger partial charge in [-0.05, 0) is 37.0 Å². The van der Waals surface area contributed by atoms with Gasteiger partial charge < -0.3 is 4.74 Å². The van der Waals surface area contributed by atoms with Gasteiger partial charge in [-0.3, -0.25) is 9.78 Å². The predicted molar refractivity (Wildman–Crippen MR) is 85.7 cm³/mol. The first-order chi connectivity index (χ1) is 12.4. The zero-order valence-electron chi connectivity index (χ0n) is 14.1. The third-order valence-electron chi connectivity index (χ3n) is 4.78. The molecule has 0 saturated carbocycles. The fraction of sp³-hybridized carbons (Fsp3) is 0.368. The highest BCUT2D eigenvalue weighted by Crippen LogP contribution is 2.44. The van der Waals surface area contributed by atoms with E-state index < -0.39 is 35.0 Å². The number of Topliss-reactive ketones (excluding diaryl/α,β-unsaturated/α-hetero) is 1. The normalized spacial score (nSPS) is 22.1. The summed E-state index contributed by atoms with van der Waals surface area (Å²) in [4.78, 5) is 16.7. The summed E-state index contributed by atoms with van der Waals surface area (Å²) in [6.45, 7) is 0. The van der Waals surface area contributed by atoms with Gasteiger partial charge in [0.15, 0.2) is 28.9 Å². The largest absolute Gasteiger partial charge is 0.375 e. The summed E-state index contributed by atoms with van der Waals surface area (Å²) in [5.41, 5.74) is -1.91. The predicted octanol–water partition coefficient (Wildman–Crippen LogP) is 4.35. The van der Waals surface area contributed by atoms with Crippen LogP contribution in [0.25, 0.3) is 0 Å². The molecule has 0 aliphatic heterocycles. The van der Waals surface area contributed by atoms with Gasteiger partial charge in [-0.2, -0.15) is 0 Å². The summed E-state index contributed by atoms with van der Waals surface area (Å²) in [6.07, 6.45) is 0.733. The number of carbonyl (C=O) groups excluding carboxylic acids is 1. The van der Waals surface area contributed by atoms with E-state index >= 15 is 4.39 Å². The number of nitrogens with zero attached hydrogens (tertiary/aromatic N) is 1. The minimum atomic E-state index is -2.26. The Labute approximate surface area is 148 Å². The molecule has 3 rings (SSSR count). The quantitative estimate of drug-likeness (QED) is 0.583. The number of hydrogen-bond donors (Lipinski definition) is 0. The zero-order chi connectivity index (χ0) is 18.9. The minimum absolute atomic E-state index is 0.0801. The van der Waals surface area contributed by atoms with Crippen LogP contribution in [0.1, 0.15) is 42.2 Å². The number of methoxy groups -OCH3 is 1. The number of ketones is 1. The van der Waals surface area contributed by atoms with Gasteiger partial charge in [0, 0.05) is 25.3 Å². The Balaban J connectivity index is 1.83. The van der Waals surface area contributed by atoms with Crippen molar-refractivity contribution in [3.8, 4) is 0 Å². The highest BCUT2D eigenvalue weighted by Gasteiger charge is 2.46. The van der Waals surface area contributed by atoms with E-state index in [0.29, 0.717) is 5.69 Å². The molecule has 2 aromatic rings. The molecule has 1 aliphatic rings. The van der Waals surface area contributed by atoms with Crippen LogP contribution in [0.3, 0.4) is 0 Å². The van der Waals surface area contributed by atoms with Crippen LogP contribution < -0.4 is 0 Å². The number of fused-ring (bicyclic) bond motifs is 1. The maximum absolute atomic E-state index is 15.5. The SMILES string of the molecule is CO[C@H]1CC[C@@](F)(C(=O)CCc2ccc(F)c(F)c2F)c2cccnc21. The number of rotatable bonds is 5. The monoisotopic (exact) mass is 367 g/mol. The summed E-state index contributed by atoms with van der Waals surface area (Å²) in [6, 6.07) is 4.87. The first-order valence-corrected chi connectivity index (χ1v) is 8.21. The number of benzene rings is 1. The van der Waals surface area contributed by atoms with Crippen molar-refractivity contribution in [3.05, 3.63) is 64.7 Å². The Hall–Kier alpha value is -2.28. The average Bonchev–Trinajstić information content (AvgIpc) is 2.66. The molecule has 138 valence electrons. The van der Waals surface area contributed by atoms with E-state index in [1.54, 1.807) is 0 Å². The van der Waals surface area contributed by atoms with Crippen LogP contribution >= 0.6 is 0 Å². The Kier molecular flexibility index (Phi) is 5.09. The second kappa shape index (κ2) is 7.15. The van der Waals surface area contributed by atoms with Crippen molar-refractivity contribution in [2.75, 3.05) is 7.11 Å². The lowest BCUT2D eigenvalue weighted by Crippen LogP contribution is -2.37. The van der Waals surface area contributed by atoms with E-state index in [2.05, 4.69) is 4.98 Å². The average molecular weight is 367 g/mol. The lowest BCUT2D eigenvalue weighted by atomic mass is 9.77. The second-order valence-electron chi connectivity index (χ2n) is 6.26. The smallest absolute Gasteiger partial charge is 0.195 e. The third-order valence-corrected chi connectivity index (χ3v) is 4.78. The molecule has 3 nitrogen and oxygen atoms in total. The molecule has 26 heavy (non-hydrogen) atoms. The van der Waals surface area contributed by atoms with E-state index in [4.69, 9.17) is 4.74 Å². The summed E-state index contributed by atoms with van der Waals surface area (Å²) in [5, 5.41) is 0. The number of ether oxygens (including phenoxy) is 1. The van der Waals surface area contributed by atoms with E-state index in [9.17, 15) is 18.0 Å². The number of halogens is 4. The summed E-state index contributed by atoms with van der Waals surface area (Å²) in [5.74, 6) is -5.00. The topological polar surface area (TPSA) is 39.2 Å². The molecule has 0 N–H and O–H groups in total. The summed E-state index contributed by atoms with van der Waals surface area (Å²) >= 11 is 0. The van der Waals surface area contributed by atoms with Gasteiger partial charge in [-0.15, -0.1) is 0 Å². The van der Waals surface area contributed by atoms with Crippen molar-refractivity contribution in [1.29, 1.82) is 0 Å². The van der Waals surface area contributed by atoms with Gasteiger partial charge in [0.1, 0.15) is 0 Å². The standard InChI is InChI=1S/C19H17F4NO2/c1-26-14-8-9-19(23,12-3-2-10-24-18(12)14)15(25)7-5-11-4-6-13(20)17(22)16(11)21/h2-4,6,10,14H,5,7-9H2,1H3/t14-,19-/m0/s1. The van der Waals surface area contributed by atoms with Gasteiger partial charge in [0.2, 0.25) is 0 Å². The zero-order valence-corrected chi connectivity index (χ0v) is 14.1. The van der Waals surface area contributed by atoms with Gasteiger partial charge in [-0.1, -0.05) is 12.1 Å². The summed E-state index contributed by atoms with van der Waals surface area (Å²) in [7, 11) is 1.49. The van der Waals surface area contributed by atoms with Crippen molar-refractivity contribution in [2.24, 2.45) is 0 Å². The van der Waals surface area contributed by atoms with Gasteiger partial charge in [0.25, 0.3) is 0 Å². The summed E-state index contributed by atoms with van der Waals surface area (Å²) < 4.78 is 60.9. The molecular formula is C19H17F4NO2. The molecule has 0 fully saturated rings. The Morgan fingerprint density at radius 1 is 1.27 bits per heavy atom.